The SMILES string of the molecule is CCCCc1nc2c(N)nc3ccccc3c2n1Cc1ccc(CN(C2CCCCC2)C(C)(C)C)cc1. The first-order valence-electron chi connectivity index (χ1n) is 14.2. The van der Waals surface area contributed by atoms with Crippen LogP contribution >= 0.6 is 0 Å². The maximum absolute atomic E-state index is 6.40. The number of benzene rings is 2. The van der Waals surface area contributed by atoms with Gasteiger partial charge in [-0.15, -0.1) is 0 Å². The standard InChI is InChI=1S/C32H43N5/c1-5-6-16-28-35-29-30(26-14-10-11-15-27(26)34-31(29)33)36(28)21-23-17-19-24(20-18-23)22-37(32(2,3)4)25-12-8-7-9-13-25/h10-11,14-15,17-20,25H,5-9,12-13,16,21-22H2,1-4H3,(H2,33,34). The molecule has 5 heteroatoms. The molecule has 1 aliphatic carbocycles. The van der Waals surface area contributed by atoms with Crippen LogP contribution in [0.25, 0.3) is 21.9 Å². The highest BCUT2D eigenvalue weighted by molar-refractivity contribution is 6.06. The number of nitrogen functional groups attached to an aromatic ring is 1. The predicted octanol–water partition coefficient (Wildman–Crippen LogP) is 7.49. The lowest BCUT2D eigenvalue weighted by Crippen LogP contribution is -2.48. The Morgan fingerprint density at radius 3 is 2.35 bits per heavy atom. The van der Waals surface area contributed by atoms with Crippen molar-refractivity contribution < 1.29 is 0 Å². The third-order valence-electron chi connectivity index (χ3n) is 8.04. The number of imidazole rings is 1. The zero-order valence-corrected chi connectivity index (χ0v) is 23.1. The van der Waals surface area contributed by atoms with Crippen LogP contribution in [0, 0.1) is 0 Å². The number of hydrogen-bond donors (Lipinski definition) is 1. The molecule has 0 radical (unpaired) electrons. The van der Waals surface area contributed by atoms with Crippen molar-refractivity contribution >= 4 is 27.8 Å². The number of para-hydroxylation sites is 1. The molecule has 2 aromatic carbocycles. The van der Waals surface area contributed by atoms with Crippen LogP contribution in [0.15, 0.2) is 48.5 Å². The van der Waals surface area contributed by atoms with Gasteiger partial charge in [-0.25, -0.2) is 9.97 Å². The molecule has 1 saturated carbocycles. The summed E-state index contributed by atoms with van der Waals surface area (Å²) in [6.07, 6.45) is 9.97. The molecule has 0 bridgehead atoms. The van der Waals surface area contributed by atoms with Crippen molar-refractivity contribution in [1.29, 1.82) is 0 Å². The van der Waals surface area contributed by atoms with Gasteiger partial charge < -0.3 is 10.3 Å². The maximum Gasteiger partial charge on any atom is 0.152 e. The van der Waals surface area contributed by atoms with Crippen molar-refractivity contribution in [3.63, 3.8) is 0 Å². The van der Waals surface area contributed by atoms with Crippen LogP contribution in [0.1, 0.15) is 89.6 Å². The van der Waals surface area contributed by atoms with Crippen LogP contribution in [0.2, 0.25) is 0 Å². The zero-order chi connectivity index (χ0) is 26.0. The van der Waals surface area contributed by atoms with E-state index in [1.165, 1.54) is 43.2 Å². The summed E-state index contributed by atoms with van der Waals surface area (Å²) < 4.78 is 2.38. The first-order chi connectivity index (χ1) is 17.8. The average Bonchev–Trinajstić information content (AvgIpc) is 3.25. The summed E-state index contributed by atoms with van der Waals surface area (Å²) >= 11 is 0. The lowest BCUT2D eigenvalue weighted by atomic mass is 9.90. The first kappa shape index (κ1) is 25.7. The number of unbranched alkanes of at least 4 members (excludes halogenated alkanes) is 1. The molecule has 0 saturated heterocycles. The molecule has 4 aromatic rings. The molecule has 5 rings (SSSR count). The van der Waals surface area contributed by atoms with E-state index in [2.05, 4.69) is 78.5 Å². The molecule has 2 N–H and O–H groups in total. The van der Waals surface area contributed by atoms with Crippen LogP contribution in [0.5, 0.6) is 0 Å². The Morgan fingerprint density at radius 1 is 0.946 bits per heavy atom. The van der Waals surface area contributed by atoms with Gasteiger partial charge in [-0.05, 0) is 57.2 Å². The molecular formula is C32H43N5. The lowest BCUT2D eigenvalue weighted by molar-refractivity contribution is 0.0521. The van der Waals surface area contributed by atoms with Crippen LogP contribution in [0.4, 0.5) is 5.82 Å². The molecule has 0 spiro atoms. The molecule has 1 fully saturated rings. The van der Waals surface area contributed by atoms with E-state index in [1.54, 1.807) is 0 Å². The van der Waals surface area contributed by atoms with Gasteiger partial charge in [-0.1, -0.05) is 75.1 Å². The molecule has 0 amide bonds. The van der Waals surface area contributed by atoms with Gasteiger partial charge in [-0.2, -0.15) is 0 Å². The summed E-state index contributed by atoms with van der Waals surface area (Å²) in [5.74, 6) is 1.62. The Hall–Kier alpha value is -2.92. The van der Waals surface area contributed by atoms with Crippen molar-refractivity contribution in [3.05, 3.63) is 65.5 Å². The highest BCUT2D eigenvalue weighted by Crippen LogP contribution is 2.32. The number of nitrogens with two attached hydrogens (primary N) is 1. The van der Waals surface area contributed by atoms with Gasteiger partial charge in [0.25, 0.3) is 0 Å². The fourth-order valence-corrected chi connectivity index (χ4v) is 6.04. The normalized spacial score (nSPS) is 15.3. The highest BCUT2D eigenvalue weighted by atomic mass is 15.2. The Bertz CT molecular complexity index is 1340. The highest BCUT2D eigenvalue weighted by Gasteiger charge is 2.30. The van der Waals surface area contributed by atoms with Crippen LogP contribution < -0.4 is 5.73 Å². The number of nitrogens with zero attached hydrogens (tertiary/aromatic N) is 4. The van der Waals surface area contributed by atoms with Gasteiger partial charge >= 0.3 is 0 Å². The van der Waals surface area contributed by atoms with Crippen LogP contribution in [-0.2, 0) is 19.5 Å². The van der Waals surface area contributed by atoms with Gasteiger partial charge in [0.2, 0.25) is 0 Å². The third kappa shape index (κ3) is 5.52. The Labute approximate surface area is 222 Å². The quantitative estimate of drug-likeness (QED) is 0.274. The van der Waals surface area contributed by atoms with E-state index in [1.807, 2.05) is 12.1 Å². The van der Waals surface area contributed by atoms with Crippen LogP contribution in [-0.4, -0.2) is 31.0 Å². The summed E-state index contributed by atoms with van der Waals surface area (Å²) in [6, 6.07) is 18.2. The Balaban J connectivity index is 1.45. The van der Waals surface area contributed by atoms with Crippen molar-refractivity contribution in [1.82, 2.24) is 19.4 Å². The second-order valence-corrected chi connectivity index (χ2v) is 11.8. The average molecular weight is 498 g/mol. The number of aryl methyl sites for hydroxylation is 1. The second kappa shape index (κ2) is 10.8. The predicted molar refractivity (Wildman–Crippen MR) is 156 cm³/mol. The number of rotatable bonds is 8. The molecule has 0 atom stereocenters. The smallest absolute Gasteiger partial charge is 0.152 e. The third-order valence-corrected chi connectivity index (χ3v) is 8.04. The van der Waals surface area contributed by atoms with Gasteiger partial charge in [0.1, 0.15) is 11.3 Å². The second-order valence-electron chi connectivity index (χ2n) is 11.8. The van der Waals surface area contributed by atoms with Crippen molar-refractivity contribution in [2.45, 2.75) is 104 Å². The van der Waals surface area contributed by atoms with Gasteiger partial charge in [-0.3, -0.25) is 4.90 Å². The lowest BCUT2D eigenvalue weighted by Gasteiger charge is -2.43. The van der Waals surface area contributed by atoms with E-state index < -0.39 is 0 Å². The summed E-state index contributed by atoms with van der Waals surface area (Å²) in [5.41, 5.74) is 12.1. The van der Waals surface area contributed by atoms with Gasteiger partial charge in [0.15, 0.2) is 5.82 Å². The van der Waals surface area contributed by atoms with E-state index in [4.69, 9.17) is 10.7 Å². The largest absolute Gasteiger partial charge is 0.382 e. The summed E-state index contributed by atoms with van der Waals surface area (Å²) in [4.78, 5) is 12.4. The molecule has 0 aliphatic heterocycles. The molecule has 0 unspecified atom stereocenters. The minimum Gasteiger partial charge on any atom is -0.382 e. The molecule has 196 valence electrons. The minimum atomic E-state index is 0.166. The summed E-state index contributed by atoms with van der Waals surface area (Å²) in [6.45, 7) is 11.1. The van der Waals surface area contributed by atoms with Crippen LogP contribution in [0.3, 0.4) is 0 Å². The summed E-state index contributed by atoms with van der Waals surface area (Å²) in [7, 11) is 0. The molecule has 2 heterocycles. The molecule has 37 heavy (non-hydrogen) atoms. The summed E-state index contributed by atoms with van der Waals surface area (Å²) in [5, 5.41) is 1.12. The Morgan fingerprint density at radius 2 is 1.65 bits per heavy atom. The van der Waals surface area contributed by atoms with Crippen molar-refractivity contribution in [2.75, 3.05) is 5.73 Å². The van der Waals surface area contributed by atoms with E-state index in [-0.39, 0.29) is 5.54 Å². The molecule has 1 aliphatic rings. The van der Waals surface area contributed by atoms with E-state index in [9.17, 15) is 0 Å². The Kier molecular flexibility index (Phi) is 7.52. The topological polar surface area (TPSA) is 60.0 Å². The number of hydrogen-bond acceptors (Lipinski definition) is 4. The van der Waals surface area contributed by atoms with Crippen molar-refractivity contribution in [3.8, 4) is 0 Å². The first-order valence-corrected chi connectivity index (χ1v) is 14.2. The molecular weight excluding hydrogens is 454 g/mol. The zero-order valence-electron chi connectivity index (χ0n) is 23.1. The van der Waals surface area contributed by atoms with Gasteiger partial charge in [0, 0.05) is 36.5 Å². The number of aromatic nitrogens is 3. The van der Waals surface area contributed by atoms with E-state index >= 15 is 0 Å². The van der Waals surface area contributed by atoms with Gasteiger partial charge in [0.05, 0.1) is 11.0 Å². The fraction of sp³-hybridized carbons (Fsp3) is 0.500. The molecule has 2 aromatic heterocycles. The number of fused-ring (bicyclic) bond motifs is 3. The number of anilines is 1. The van der Waals surface area contributed by atoms with E-state index in [0.29, 0.717) is 11.9 Å². The molecule has 5 nitrogen and oxygen atoms in total. The minimum absolute atomic E-state index is 0.166. The number of pyridine rings is 1. The van der Waals surface area contributed by atoms with Crippen molar-refractivity contribution in [2.24, 2.45) is 0 Å². The van der Waals surface area contributed by atoms with E-state index in [0.717, 1.165) is 60.1 Å². The fourth-order valence-electron chi connectivity index (χ4n) is 6.04. The monoisotopic (exact) mass is 497 g/mol. The maximum atomic E-state index is 6.40.